The first kappa shape index (κ1) is 13.6. The quantitative estimate of drug-likeness (QED) is 0.781. The third-order valence-electron chi connectivity index (χ3n) is 4.51. The Labute approximate surface area is 119 Å². The molecule has 0 radical (unpaired) electrons. The topological polar surface area (TPSA) is 69.8 Å². The summed E-state index contributed by atoms with van der Waals surface area (Å²) < 4.78 is 0. The van der Waals surface area contributed by atoms with Crippen LogP contribution in [0.3, 0.4) is 0 Å². The van der Waals surface area contributed by atoms with Crippen molar-refractivity contribution < 1.29 is 0 Å². The summed E-state index contributed by atoms with van der Waals surface area (Å²) in [6.07, 6.45) is 8.49. The highest BCUT2D eigenvalue weighted by atomic mass is 16.1. The van der Waals surface area contributed by atoms with Crippen LogP contribution in [0.4, 0.5) is 5.82 Å². The van der Waals surface area contributed by atoms with E-state index in [9.17, 15) is 4.79 Å². The zero-order chi connectivity index (χ0) is 13.8. The number of aromatic nitrogens is 2. The van der Waals surface area contributed by atoms with E-state index in [4.69, 9.17) is 0 Å². The van der Waals surface area contributed by atoms with Gasteiger partial charge in [0.05, 0.1) is 0 Å². The van der Waals surface area contributed by atoms with Crippen molar-refractivity contribution in [3.8, 4) is 0 Å². The monoisotopic (exact) mass is 276 g/mol. The first-order valence-electron chi connectivity index (χ1n) is 7.89. The lowest BCUT2D eigenvalue weighted by atomic mass is 9.89. The Hall–Kier alpha value is -1.36. The predicted octanol–water partition coefficient (Wildman–Crippen LogP) is 1.45. The molecule has 3 rings (SSSR count). The van der Waals surface area contributed by atoms with E-state index in [2.05, 4.69) is 20.6 Å². The van der Waals surface area contributed by atoms with E-state index in [-0.39, 0.29) is 5.69 Å². The van der Waals surface area contributed by atoms with E-state index in [1.54, 1.807) is 0 Å². The highest BCUT2D eigenvalue weighted by molar-refractivity contribution is 5.46. The van der Waals surface area contributed by atoms with Crippen molar-refractivity contribution in [3.05, 3.63) is 21.7 Å². The first-order chi connectivity index (χ1) is 9.83. The normalized spacial score (nSPS) is 20.2. The second-order valence-electron chi connectivity index (χ2n) is 5.98. The molecule has 2 heterocycles. The molecule has 0 amide bonds. The summed E-state index contributed by atoms with van der Waals surface area (Å²) in [4.78, 5) is 18.8. The molecule has 1 aromatic heterocycles. The zero-order valence-corrected chi connectivity index (χ0v) is 12.0. The number of hydrogen-bond donors (Lipinski definition) is 3. The fourth-order valence-corrected chi connectivity index (χ4v) is 3.36. The van der Waals surface area contributed by atoms with Gasteiger partial charge in [0.15, 0.2) is 0 Å². The number of nitrogens with one attached hydrogen (secondary N) is 3. The molecule has 1 aliphatic carbocycles. The minimum absolute atomic E-state index is 0.225. The van der Waals surface area contributed by atoms with Gasteiger partial charge in [-0.05, 0) is 31.7 Å². The van der Waals surface area contributed by atoms with Gasteiger partial charge in [0, 0.05) is 30.8 Å². The molecule has 5 heteroatoms. The molecule has 20 heavy (non-hydrogen) atoms. The summed E-state index contributed by atoms with van der Waals surface area (Å²) in [6.45, 7) is 2.84. The van der Waals surface area contributed by atoms with E-state index in [1.807, 2.05) is 0 Å². The Morgan fingerprint density at radius 3 is 2.80 bits per heavy atom. The van der Waals surface area contributed by atoms with Gasteiger partial charge in [-0.1, -0.05) is 19.3 Å². The number of nitrogens with zero attached hydrogens (tertiary/aromatic N) is 1. The molecule has 0 saturated heterocycles. The standard InChI is InChI=1S/C15H24N4O/c20-15-18-13-7-9-16-8-6-12(13)14(19-15)17-10-11-4-2-1-3-5-11/h11,16H,1-10H2,(H2,17,18,19,20). The zero-order valence-electron chi connectivity index (χ0n) is 12.0. The number of anilines is 1. The molecular weight excluding hydrogens is 252 g/mol. The van der Waals surface area contributed by atoms with E-state index >= 15 is 0 Å². The van der Waals surface area contributed by atoms with Gasteiger partial charge in [0.25, 0.3) is 0 Å². The molecule has 0 bridgehead atoms. The van der Waals surface area contributed by atoms with Crippen LogP contribution in [0.5, 0.6) is 0 Å². The second kappa shape index (κ2) is 6.39. The molecule has 0 atom stereocenters. The summed E-state index contributed by atoms with van der Waals surface area (Å²) in [5.41, 5.74) is 2.03. The lowest BCUT2D eigenvalue weighted by molar-refractivity contribution is 0.373. The summed E-state index contributed by atoms with van der Waals surface area (Å²) in [5, 5.41) is 6.82. The maximum Gasteiger partial charge on any atom is 0.347 e. The van der Waals surface area contributed by atoms with Crippen molar-refractivity contribution in [2.75, 3.05) is 25.0 Å². The third-order valence-corrected chi connectivity index (χ3v) is 4.51. The summed E-state index contributed by atoms with van der Waals surface area (Å²) >= 11 is 0. The van der Waals surface area contributed by atoms with E-state index in [1.165, 1.54) is 37.7 Å². The molecule has 1 fully saturated rings. The van der Waals surface area contributed by atoms with Crippen molar-refractivity contribution >= 4 is 5.82 Å². The van der Waals surface area contributed by atoms with Crippen LogP contribution in [0.1, 0.15) is 43.4 Å². The Morgan fingerprint density at radius 1 is 1.15 bits per heavy atom. The van der Waals surface area contributed by atoms with Gasteiger partial charge in [0.2, 0.25) is 0 Å². The van der Waals surface area contributed by atoms with Gasteiger partial charge in [-0.25, -0.2) is 4.79 Å². The van der Waals surface area contributed by atoms with Gasteiger partial charge >= 0.3 is 5.69 Å². The fraction of sp³-hybridized carbons (Fsp3) is 0.733. The second-order valence-corrected chi connectivity index (χ2v) is 5.98. The van der Waals surface area contributed by atoms with E-state index in [0.717, 1.165) is 49.9 Å². The van der Waals surface area contributed by atoms with Crippen LogP contribution in [0.25, 0.3) is 0 Å². The highest BCUT2D eigenvalue weighted by Gasteiger charge is 2.17. The Kier molecular flexibility index (Phi) is 4.35. The number of rotatable bonds is 3. The maximum absolute atomic E-state index is 11.7. The largest absolute Gasteiger partial charge is 0.369 e. The third kappa shape index (κ3) is 3.20. The van der Waals surface area contributed by atoms with Crippen molar-refractivity contribution in [1.82, 2.24) is 15.3 Å². The van der Waals surface area contributed by atoms with Gasteiger partial charge in [0.1, 0.15) is 5.82 Å². The SMILES string of the molecule is O=c1nc(NCC2CCCCC2)c2c([nH]1)CCNCC2. The lowest BCUT2D eigenvalue weighted by Gasteiger charge is -2.22. The smallest absolute Gasteiger partial charge is 0.347 e. The summed E-state index contributed by atoms with van der Waals surface area (Å²) in [6, 6.07) is 0. The molecule has 0 spiro atoms. The predicted molar refractivity (Wildman–Crippen MR) is 80.2 cm³/mol. The number of H-pyrrole nitrogens is 1. The summed E-state index contributed by atoms with van der Waals surface area (Å²) in [5.74, 6) is 1.56. The molecule has 1 aromatic rings. The van der Waals surface area contributed by atoms with Crippen LogP contribution >= 0.6 is 0 Å². The van der Waals surface area contributed by atoms with Crippen LogP contribution < -0.4 is 16.3 Å². The molecule has 2 aliphatic rings. The van der Waals surface area contributed by atoms with Crippen LogP contribution in [0, 0.1) is 5.92 Å². The van der Waals surface area contributed by atoms with Crippen LogP contribution in [0.2, 0.25) is 0 Å². The van der Waals surface area contributed by atoms with Crippen LogP contribution in [-0.4, -0.2) is 29.6 Å². The van der Waals surface area contributed by atoms with Crippen LogP contribution in [0.15, 0.2) is 4.79 Å². The van der Waals surface area contributed by atoms with E-state index in [0.29, 0.717) is 0 Å². The minimum atomic E-state index is -0.225. The van der Waals surface area contributed by atoms with Crippen molar-refractivity contribution in [1.29, 1.82) is 0 Å². The van der Waals surface area contributed by atoms with Crippen molar-refractivity contribution in [3.63, 3.8) is 0 Å². The average molecular weight is 276 g/mol. The number of hydrogen-bond acceptors (Lipinski definition) is 4. The highest BCUT2D eigenvalue weighted by Crippen LogP contribution is 2.24. The number of aromatic amines is 1. The Balaban J connectivity index is 1.74. The van der Waals surface area contributed by atoms with E-state index < -0.39 is 0 Å². The van der Waals surface area contributed by atoms with Crippen LogP contribution in [-0.2, 0) is 12.8 Å². The van der Waals surface area contributed by atoms with Gasteiger partial charge in [-0.2, -0.15) is 4.98 Å². The molecule has 1 aliphatic heterocycles. The first-order valence-corrected chi connectivity index (χ1v) is 7.89. The minimum Gasteiger partial charge on any atom is -0.369 e. The molecular formula is C15H24N4O. The summed E-state index contributed by atoms with van der Waals surface area (Å²) in [7, 11) is 0. The molecule has 0 unspecified atom stereocenters. The van der Waals surface area contributed by atoms with Gasteiger partial charge < -0.3 is 15.6 Å². The van der Waals surface area contributed by atoms with Crippen molar-refractivity contribution in [2.45, 2.75) is 44.9 Å². The Morgan fingerprint density at radius 2 is 1.95 bits per heavy atom. The van der Waals surface area contributed by atoms with Crippen molar-refractivity contribution in [2.24, 2.45) is 5.92 Å². The van der Waals surface area contributed by atoms with Gasteiger partial charge in [-0.3, -0.25) is 0 Å². The fourth-order valence-electron chi connectivity index (χ4n) is 3.36. The maximum atomic E-state index is 11.7. The molecule has 3 N–H and O–H groups in total. The lowest BCUT2D eigenvalue weighted by Crippen LogP contribution is -2.23. The molecule has 1 saturated carbocycles. The Bertz CT molecular complexity index is 505. The van der Waals surface area contributed by atoms with Gasteiger partial charge in [-0.15, -0.1) is 0 Å². The molecule has 110 valence electrons. The molecule has 5 nitrogen and oxygen atoms in total. The number of fused-ring (bicyclic) bond motifs is 1. The average Bonchev–Trinajstić information content (AvgIpc) is 2.71. The molecule has 0 aromatic carbocycles.